The van der Waals surface area contributed by atoms with E-state index in [4.69, 9.17) is 14.2 Å². The number of ether oxygens (including phenoxy) is 3. The number of rotatable bonds is 5. The lowest BCUT2D eigenvalue weighted by Gasteiger charge is -2.26. The minimum atomic E-state index is 0.0401. The van der Waals surface area contributed by atoms with Crippen LogP contribution in [0.15, 0.2) is 48.5 Å². The van der Waals surface area contributed by atoms with Gasteiger partial charge in [-0.25, -0.2) is 0 Å². The zero-order valence-corrected chi connectivity index (χ0v) is 14.7. The topological polar surface area (TPSA) is 48.0 Å². The van der Waals surface area contributed by atoms with Gasteiger partial charge in [-0.3, -0.25) is 4.79 Å². The van der Waals surface area contributed by atoms with E-state index in [0.29, 0.717) is 19.8 Å². The summed E-state index contributed by atoms with van der Waals surface area (Å²) in [6.07, 6.45) is 1.97. The first-order valence-corrected chi connectivity index (χ1v) is 9.12. The quantitative estimate of drug-likeness (QED) is 0.827. The highest BCUT2D eigenvalue weighted by atomic mass is 16.6. The van der Waals surface area contributed by atoms with E-state index in [1.54, 1.807) is 0 Å². The van der Waals surface area contributed by atoms with Crippen LogP contribution in [-0.4, -0.2) is 37.2 Å². The Morgan fingerprint density at radius 1 is 1.08 bits per heavy atom. The number of fused-ring (bicyclic) bond motifs is 1. The first-order chi connectivity index (χ1) is 12.8. The number of hydrogen-bond acceptors (Lipinski definition) is 4. The summed E-state index contributed by atoms with van der Waals surface area (Å²) in [6, 6.07) is 16.0. The minimum Gasteiger partial charge on any atom is -0.486 e. The van der Waals surface area contributed by atoms with Crippen molar-refractivity contribution in [2.24, 2.45) is 0 Å². The van der Waals surface area contributed by atoms with Crippen molar-refractivity contribution >= 4 is 5.91 Å². The number of carbonyl (C=O) groups excluding carboxylic acids is 1. The molecule has 2 aliphatic heterocycles. The van der Waals surface area contributed by atoms with E-state index in [1.807, 2.05) is 53.4 Å². The fourth-order valence-corrected chi connectivity index (χ4v) is 3.59. The second kappa shape index (κ2) is 7.79. The Morgan fingerprint density at radius 3 is 2.73 bits per heavy atom. The average Bonchev–Trinajstić information content (AvgIpc) is 3.18. The fourth-order valence-electron chi connectivity index (χ4n) is 3.59. The van der Waals surface area contributed by atoms with Crippen molar-refractivity contribution in [3.63, 3.8) is 0 Å². The number of amides is 1. The standard InChI is InChI=1S/C21H23NO4/c23-21(15-24-14-16-5-2-1-3-6-16)22-10-4-7-18(22)17-8-9-19-20(13-17)26-12-11-25-19/h1-3,5-6,8-9,13,18H,4,7,10-12,14-15H2. The second-order valence-electron chi connectivity index (χ2n) is 6.63. The number of nitrogens with zero attached hydrogens (tertiary/aromatic N) is 1. The molecule has 2 aromatic carbocycles. The van der Waals surface area contributed by atoms with Gasteiger partial charge in [-0.15, -0.1) is 0 Å². The highest BCUT2D eigenvalue weighted by molar-refractivity contribution is 5.78. The monoisotopic (exact) mass is 353 g/mol. The SMILES string of the molecule is O=C(COCc1ccccc1)N1CCCC1c1ccc2c(c1)OCCO2. The van der Waals surface area contributed by atoms with E-state index < -0.39 is 0 Å². The molecule has 1 amide bonds. The van der Waals surface area contributed by atoms with Crippen molar-refractivity contribution in [1.82, 2.24) is 4.90 Å². The fraction of sp³-hybridized carbons (Fsp3) is 0.381. The molecule has 136 valence electrons. The van der Waals surface area contributed by atoms with Crippen LogP contribution in [0.25, 0.3) is 0 Å². The van der Waals surface area contributed by atoms with Gasteiger partial charge in [0, 0.05) is 6.54 Å². The van der Waals surface area contributed by atoms with Crippen molar-refractivity contribution in [3.05, 3.63) is 59.7 Å². The van der Waals surface area contributed by atoms with Gasteiger partial charge in [-0.1, -0.05) is 36.4 Å². The van der Waals surface area contributed by atoms with Gasteiger partial charge >= 0.3 is 0 Å². The Morgan fingerprint density at radius 2 is 1.88 bits per heavy atom. The second-order valence-corrected chi connectivity index (χ2v) is 6.63. The Labute approximate surface area is 153 Å². The highest BCUT2D eigenvalue weighted by Crippen LogP contribution is 2.38. The maximum atomic E-state index is 12.7. The Bertz CT molecular complexity index is 762. The van der Waals surface area contributed by atoms with Crippen molar-refractivity contribution in [1.29, 1.82) is 0 Å². The zero-order valence-electron chi connectivity index (χ0n) is 14.7. The third-order valence-corrected chi connectivity index (χ3v) is 4.86. The van der Waals surface area contributed by atoms with E-state index in [0.717, 1.165) is 42.0 Å². The smallest absolute Gasteiger partial charge is 0.249 e. The van der Waals surface area contributed by atoms with Gasteiger partial charge in [0.1, 0.15) is 19.8 Å². The van der Waals surface area contributed by atoms with Crippen LogP contribution in [0.4, 0.5) is 0 Å². The Hall–Kier alpha value is -2.53. The van der Waals surface area contributed by atoms with E-state index in [-0.39, 0.29) is 18.6 Å². The summed E-state index contributed by atoms with van der Waals surface area (Å²) < 4.78 is 16.9. The first-order valence-electron chi connectivity index (χ1n) is 9.12. The van der Waals surface area contributed by atoms with Crippen LogP contribution in [0.3, 0.4) is 0 Å². The van der Waals surface area contributed by atoms with Crippen molar-refractivity contribution < 1.29 is 19.0 Å². The Balaban J connectivity index is 1.39. The lowest BCUT2D eigenvalue weighted by molar-refractivity contribution is -0.137. The number of carbonyl (C=O) groups is 1. The molecule has 26 heavy (non-hydrogen) atoms. The van der Waals surface area contributed by atoms with E-state index in [1.165, 1.54) is 0 Å². The summed E-state index contributed by atoms with van der Waals surface area (Å²) in [5.41, 5.74) is 2.17. The van der Waals surface area contributed by atoms with Crippen LogP contribution in [0.5, 0.6) is 11.5 Å². The molecule has 2 aromatic rings. The molecule has 5 heteroatoms. The maximum Gasteiger partial charge on any atom is 0.249 e. The molecule has 0 bridgehead atoms. The molecular formula is C21H23NO4. The molecule has 4 rings (SSSR count). The first kappa shape index (κ1) is 16.9. The molecule has 1 fully saturated rings. The molecule has 1 atom stereocenters. The van der Waals surface area contributed by atoms with Crippen LogP contribution in [0.2, 0.25) is 0 Å². The average molecular weight is 353 g/mol. The lowest BCUT2D eigenvalue weighted by Crippen LogP contribution is -2.33. The van der Waals surface area contributed by atoms with Gasteiger partial charge in [0.15, 0.2) is 11.5 Å². The molecule has 0 aliphatic carbocycles. The summed E-state index contributed by atoms with van der Waals surface area (Å²) in [4.78, 5) is 14.6. The normalized spacial score (nSPS) is 18.8. The van der Waals surface area contributed by atoms with Gasteiger partial charge in [-0.05, 0) is 36.1 Å². The van der Waals surface area contributed by atoms with Crippen LogP contribution >= 0.6 is 0 Å². The molecule has 1 saturated heterocycles. The van der Waals surface area contributed by atoms with Gasteiger partial charge in [0.25, 0.3) is 0 Å². The predicted molar refractivity (Wildman–Crippen MR) is 97.2 cm³/mol. The number of likely N-dealkylation sites (tertiary alicyclic amines) is 1. The molecular weight excluding hydrogens is 330 g/mol. The van der Waals surface area contributed by atoms with E-state index in [9.17, 15) is 4.79 Å². The van der Waals surface area contributed by atoms with Gasteiger partial charge in [0.05, 0.1) is 12.6 Å². The number of hydrogen-bond donors (Lipinski definition) is 0. The largest absolute Gasteiger partial charge is 0.486 e. The van der Waals surface area contributed by atoms with Crippen molar-refractivity contribution in [2.75, 3.05) is 26.4 Å². The molecule has 0 radical (unpaired) electrons. The van der Waals surface area contributed by atoms with Gasteiger partial charge < -0.3 is 19.1 Å². The Kier molecular flexibility index (Phi) is 5.07. The van der Waals surface area contributed by atoms with Crippen LogP contribution < -0.4 is 9.47 Å². The molecule has 5 nitrogen and oxygen atoms in total. The summed E-state index contributed by atoms with van der Waals surface area (Å²) in [6.45, 7) is 2.48. The lowest BCUT2D eigenvalue weighted by atomic mass is 10.0. The summed E-state index contributed by atoms with van der Waals surface area (Å²) in [5, 5.41) is 0. The number of benzene rings is 2. The van der Waals surface area contributed by atoms with Crippen LogP contribution in [-0.2, 0) is 16.1 Å². The third-order valence-electron chi connectivity index (χ3n) is 4.86. The van der Waals surface area contributed by atoms with Crippen LogP contribution in [0.1, 0.15) is 30.0 Å². The molecule has 0 N–H and O–H groups in total. The maximum absolute atomic E-state index is 12.7. The van der Waals surface area contributed by atoms with Crippen molar-refractivity contribution in [2.45, 2.75) is 25.5 Å². The molecule has 2 heterocycles. The molecule has 1 unspecified atom stereocenters. The highest BCUT2D eigenvalue weighted by Gasteiger charge is 2.30. The summed E-state index contributed by atoms with van der Waals surface area (Å²) in [7, 11) is 0. The molecule has 0 saturated carbocycles. The van der Waals surface area contributed by atoms with Gasteiger partial charge in [-0.2, -0.15) is 0 Å². The summed E-state index contributed by atoms with van der Waals surface area (Å²) >= 11 is 0. The van der Waals surface area contributed by atoms with Crippen molar-refractivity contribution in [3.8, 4) is 11.5 Å². The minimum absolute atomic E-state index is 0.0401. The van der Waals surface area contributed by atoms with E-state index in [2.05, 4.69) is 0 Å². The third kappa shape index (κ3) is 3.68. The van der Waals surface area contributed by atoms with Crippen LogP contribution in [0, 0.1) is 0 Å². The van der Waals surface area contributed by atoms with Gasteiger partial charge in [0.2, 0.25) is 5.91 Å². The molecule has 0 aromatic heterocycles. The molecule has 0 spiro atoms. The zero-order chi connectivity index (χ0) is 17.8. The predicted octanol–water partition coefficient (Wildman–Crippen LogP) is 3.34. The van der Waals surface area contributed by atoms with E-state index >= 15 is 0 Å². The molecule has 2 aliphatic rings. The summed E-state index contributed by atoms with van der Waals surface area (Å²) in [5.74, 6) is 1.59.